The maximum atomic E-state index is 13.1. The molecule has 0 spiro atoms. The molecule has 3 amide bonds. The molecule has 2 saturated carbocycles. The van der Waals surface area contributed by atoms with Crippen molar-refractivity contribution in [2.24, 2.45) is 35.5 Å². The molecule has 0 N–H and O–H groups in total. The second-order valence-electron chi connectivity index (χ2n) is 7.80. The van der Waals surface area contributed by atoms with Crippen molar-refractivity contribution in [1.29, 1.82) is 0 Å². The van der Waals surface area contributed by atoms with Gasteiger partial charge in [0, 0.05) is 6.92 Å². The van der Waals surface area contributed by atoms with Crippen molar-refractivity contribution in [3.8, 4) is 0 Å². The van der Waals surface area contributed by atoms with E-state index in [1.165, 1.54) is 16.7 Å². The molecule has 1 aromatic carbocycles. The third-order valence-corrected chi connectivity index (χ3v) is 6.88. The quantitative estimate of drug-likeness (QED) is 0.607. The van der Waals surface area contributed by atoms with Crippen LogP contribution < -0.4 is 4.90 Å². The minimum atomic E-state index is -0.252. The Kier molecular flexibility index (Phi) is 3.35. The highest BCUT2D eigenvalue weighted by Gasteiger charge is 2.67. The third-order valence-electron chi connectivity index (χ3n) is 6.56. The van der Waals surface area contributed by atoms with E-state index in [4.69, 9.17) is 11.6 Å². The lowest BCUT2D eigenvalue weighted by molar-refractivity contribution is -0.140. The van der Waals surface area contributed by atoms with Crippen LogP contribution in [0.2, 0.25) is 5.02 Å². The number of rotatable bonds is 3. The second-order valence-corrected chi connectivity index (χ2v) is 8.21. The maximum absolute atomic E-state index is 13.1. The number of nitrogens with zero attached hydrogens (tertiary/aromatic N) is 2. The molecule has 4 aliphatic carbocycles. The first-order valence-electron chi connectivity index (χ1n) is 9.05. The second kappa shape index (κ2) is 5.43. The highest BCUT2D eigenvalue weighted by atomic mass is 35.5. The van der Waals surface area contributed by atoms with Gasteiger partial charge in [-0.15, -0.1) is 0 Å². The fraction of sp³-hybridized carbons (Fsp3) is 0.450. The molecule has 1 heterocycles. The molecular weight excluding hydrogens is 352 g/mol. The van der Waals surface area contributed by atoms with Crippen LogP contribution in [-0.2, 0) is 14.4 Å². The van der Waals surface area contributed by atoms with Gasteiger partial charge in [0.15, 0.2) is 0 Å². The van der Waals surface area contributed by atoms with Crippen molar-refractivity contribution in [1.82, 2.24) is 4.90 Å². The Morgan fingerprint density at radius 3 is 2.23 bits per heavy atom. The molecule has 1 aromatic rings. The van der Waals surface area contributed by atoms with E-state index in [2.05, 4.69) is 12.2 Å². The summed E-state index contributed by atoms with van der Waals surface area (Å²) in [4.78, 5) is 41.1. The van der Waals surface area contributed by atoms with Crippen molar-refractivity contribution in [2.45, 2.75) is 13.3 Å². The number of carbonyl (C=O) groups is 3. The minimum absolute atomic E-state index is 0.0709. The molecule has 6 rings (SSSR count). The Morgan fingerprint density at radius 1 is 1.12 bits per heavy atom. The van der Waals surface area contributed by atoms with Crippen LogP contribution >= 0.6 is 11.6 Å². The summed E-state index contributed by atoms with van der Waals surface area (Å²) in [5.74, 6) is 0.474. The standard InChI is InChI=1S/C20H19ClN2O3/c1-10(24)22(16-5-3-2-4-15(16)21)9-23-19(25)17-11-6-7-12(14-8-13(11)14)18(17)20(23)26/h2-7,11-14,17-18H,8-9H2,1H3/t11-,12-,13-,14+,17+,18+/m0/s1. The molecule has 6 heteroatoms. The van der Waals surface area contributed by atoms with Crippen molar-refractivity contribution < 1.29 is 14.4 Å². The molecule has 0 unspecified atom stereocenters. The summed E-state index contributed by atoms with van der Waals surface area (Å²) in [6.07, 6.45) is 5.42. The zero-order valence-electron chi connectivity index (χ0n) is 14.3. The highest BCUT2D eigenvalue weighted by molar-refractivity contribution is 6.33. The average molecular weight is 371 g/mol. The van der Waals surface area contributed by atoms with Gasteiger partial charge < -0.3 is 0 Å². The molecule has 0 radical (unpaired) electrons. The maximum Gasteiger partial charge on any atom is 0.235 e. The largest absolute Gasteiger partial charge is 0.292 e. The third kappa shape index (κ3) is 2.07. The Morgan fingerprint density at radius 2 is 1.69 bits per heavy atom. The number of carbonyl (C=O) groups excluding carboxylic acids is 3. The number of likely N-dealkylation sites (tertiary alicyclic amines) is 1. The molecule has 6 atom stereocenters. The Labute approximate surface area is 156 Å². The van der Waals surface area contributed by atoms with E-state index in [0.717, 1.165) is 6.42 Å². The zero-order chi connectivity index (χ0) is 18.2. The van der Waals surface area contributed by atoms with E-state index >= 15 is 0 Å². The lowest BCUT2D eigenvalue weighted by Crippen LogP contribution is -2.44. The van der Waals surface area contributed by atoms with Crippen LogP contribution in [0.15, 0.2) is 36.4 Å². The van der Waals surface area contributed by atoms with E-state index in [0.29, 0.717) is 22.5 Å². The van der Waals surface area contributed by atoms with Gasteiger partial charge in [-0.2, -0.15) is 0 Å². The molecule has 5 aliphatic rings. The number of para-hydroxylation sites is 1. The number of hydrogen-bond acceptors (Lipinski definition) is 3. The topological polar surface area (TPSA) is 57.7 Å². The number of amides is 3. The van der Waals surface area contributed by atoms with Crippen molar-refractivity contribution >= 4 is 35.0 Å². The molecule has 134 valence electrons. The van der Waals surface area contributed by atoms with Crippen molar-refractivity contribution in [3.63, 3.8) is 0 Å². The molecule has 0 aromatic heterocycles. The average Bonchev–Trinajstić information content (AvgIpc) is 3.40. The first kappa shape index (κ1) is 16.1. The van der Waals surface area contributed by atoms with Crippen LogP contribution in [0.5, 0.6) is 0 Å². The molecule has 5 nitrogen and oxygen atoms in total. The summed E-state index contributed by atoms with van der Waals surface area (Å²) in [7, 11) is 0. The fourth-order valence-corrected chi connectivity index (χ4v) is 5.55. The van der Waals surface area contributed by atoms with E-state index in [1.807, 2.05) is 0 Å². The highest BCUT2D eigenvalue weighted by Crippen LogP contribution is 2.65. The van der Waals surface area contributed by atoms with Gasteiger partial charge in [-0.3, -0.25) is 24.2 Å². The smallest absolute Gasteiger partial charge is 0.235 e. The van der Waals surface area contributed by atoms with Gasteiger partial charge in [0.25, 0.3) is 0 Å². The lowest BCUT2D eigenvalue weighted by Gasteiger charge is -2.37. The van der Waals surface area contributed by atoms with Gasteiger partial charge in [-0.05, 0) is 42.2 Å². The first-order chi connectivity index (χ1) is 12.5. The molecule has 26 heavy (non-hydrogen) atoms. The number of halogens is 1. The molecule has 2 bridgehead atoms. The number of allylic oxidation sites excluding steroid dienone is 2. The van der Waals surface area contributed by atoms with Crippen LogP contribution in [0, 0.1) is 35.5 Å². The van der Waals surface area contributed by atoms with Crippen LogP contribution in [0.25, 0.3) is 0 Å². The molecule has 1 aliphatic heterocycles. The predicted octanol–water partition coefficient (Wildman–Crippen LogP) is 2.70. The number of hydrogen-bond donors (Lipinski definition) is 0. The van der Waals surface area contributed by atoms with Gasteiger partial charge >= 0.3 is 0 Å². The predicted molar refractivity (Wildman–Crippen MR) is 96.0 cm³/mol. The molecular formula is C20H19ClN2O3. The van der Waals surface area contributed by atoms with E-state index in [1.54, 1.807) is 24.3 Å². The summed E-state index contributed by atoms with van der Waals surface area (Å²) in [5, 5.41) is 0.419. The van der Waals surface area contributed by atoms with Gasteiger partial charge in [0.05, 0.1) is 22.5 Å². The summed E-state index contributed by atoms with van der Waals surface area (Å²) in [6.45, 7) is 1.35. The van der Waals surface area contributed by atoms with Crippen LogP contribution in [0.1, 0.15) is 13.3 Å². The van der Waals surface area contributed by atoms with Crippen molar-refractivity contribution in [3.05, 3.63) is 41.4 Å². The van der Waals surface area contributed by atoms with Crippen LogP contribution in [0.4, 0.5) is 5.69 Å². The number of anilines is 1. The Hall–Kier alpha value is -2.14. The zero-order valence-corrected chi connectivity index (χ0v) is 15.1. The van der Waals surface area contributed by atoms with E-state index in [-0.39, 0.29) is 48.1 Å². The number of benzene rings is 1. The van der Waals surface area contributed by atoms with Crippen LogP contribution in [0.3, 0.4) is 0 Å². The van der Waals surface area contributed by atoms with Gasteiger partial charge in [0.2, 0.25) is 17.7 Å². The summed E-state index contributed by atoms with van der Waals surface area (Å²) in [6, 6.07) is 6.98. The fourth-order valence-electron chi connectivity index (χ4n) is 5.32. The monoisotopic (exact) mass is 370 g/mol. The normalized spacial score (nSPS) is 36.2. The lowest BCUT2D eigenvalue weighted by atomic mass is 9.63. The van der Waals surface area contributed by atoms with Crippen molar-refractivity contribution in [2.75, 3.05) is 11.6 Å². The summed E-state index contributed by atoms with van der Waals surface area (Å²) >= 11 is 6.23. The van der Waals surface area contributed by atoms with E-state index in [9.17, 15) is 14.4 Å². The minimum Gasteiger partial charge on any atom is -0.292 e. The number of imide groups is 1. The molecule has 1 saturated heterocycles. The van der Waals surface area contributed by atoms with E-state index < -0.39 is 0 Å². The first-order valence-corrected chi connectivity index (χ1v) is 9.43. The summed E-state index contributed by atoms with van der Waals surface area (Å²) < 4.78 is 0. The summed E-state index contributed by atoms with van der Waals surface area (Å²) in [5.41, 5.74) is 0.515. The SMILES string of the molecule is CC(=O)N(CN1C(=O)[C@@H]2[C@H]3C=C[C@@H]([C@@H]4C[C@H]34)[C@H]2C1=O)c1ccccc1Cl. The van der Waals surface area contributed by atoms with Gasteiger partial charge in [0.1, 0.15) is 6.67 Å². The molecule has 3 fully saturated rings. The Balaban J connectivity index is 1.46. The van der Waals surface area contributed by atoms with Gasteiger partial charge in [-0.25, -0.2) is 0 Å². The Bertz CT molecular complexity index is 830. The van der Waals surface area contributed by atoms with Crippen LogP contribution in [-0.4, -0.2) is 29.3 Å². The van der Waals surface area contributed by atoms with Gasteiger partial charge in [-0.1, -0.05) is 35.9 Å².